The van der Waals surface area contributed by atoms with E-state index < -0.39 is 88.2 Å². The van der Waals surface area contributed by atoms with E-state index in [1.165, 1.54) is 73.1 Å². The maximum Gasteiger partial charge on any atom is 0.429 e. The standard InChI is InChI=1S/C16H26N4O5S.C16H20N2O5.C14H15NO4.C11H18N4O3S.C8H9ClN2O2S.C8H18N2O3.C3H7BrO/c1-7-24-13(21)11-10-17-14(26-6)18-12(11)19-20(8-9-23-5)15(22)25-16(2,3)4;1-16(2,3)23-15(21)17(9-10-22-4)18-13(19)11-7-5-6-8-12(11)14(18)20;1-14(2,3)19-11(16)8-15-12(17)9-6-4-5-7-10(9)13(15)18;1-4-18-10(16)8-7-12-11(19-3)14-9(8)15-13-5-6-17-2;1-3-13-7(12)5-4-10-8(14-2)11-6(5)9;1-8(2,3)13-7(11)10(9)5-6-12-4;1-5-3-2-4/h10H,7-9H2,1-6H3,(H,17,18,19);5-8H,9-10H2,1-4H3;4-7H,8H2,1-3H3;7,13H,4-6H2,1-3H3,(H,12,14,15);4H,3H2,1-2H3;5-6,9H2,1-4H3;2-3H2,1H3. The number of amides is 7. The number of benzene rings is 2. The van der Waals surface area contributed by atoms with E-state index in [4.69, 9.17) is 69.5 Å². The van der Waals surface area contributed by atoms with Crippen molar-refractivity contribution in [2.24, 2.45) is 5.84 Å². The van der Waals surface area contributed by atoms with Crippen LogP contribution in [-0.4, -0.2) is 288 Å². The summed E-state index contributed by atoms with van der Waals surface area (Å²) in [6.45, 7) is 29.9. The summed E-state index contributed by atoms with van der Waals surface area (Å²) in [5.74, 6) is 1.81. The highest BCUT2D eigenvalue weighted by Crippen LogP contribution is 2.28. The number of carbonyl (C=O) groups excluding carboxylic acids is 11. The van der Waals surface area contributed by atoms with E-state index >= 15 is 0 Å². The number of esters is 4. The number of fused-ring (bicyclic) bond motifs is 2. The number of aromatic nitrogens is 6. The summed E-state index contributed by atoms with van der Waals surface area (Å²) >= 11 is 13.0. The lowest BCUT2D eigenvalue weighted by Crippen LogP contribution is -2.52. The number of hydrazine groups is 4. The van der Waals surface area contributed by atoms with E-state index in [-0.39, 0.29) is 72.7 Å². The Labute approximate surface area is 720 Å². The number of carbonyl (C=O) groups is 11. The number of ether oxygens (including phenoxy) is 12. The van der Waals surface area contributed by atoms with E-state index in [1.54, 1.807) is 180 Å². The molecule has 119 heavy (non-hydrogen) atoms. The number of thioether (sulfide) groups is 3. The van der Waals surface area contributed by atoms with Gasteiger partial charge in [0.1, 0.15) is 50.8 Å². The van der Waals surface area contributed by atoms with Gasteiger partial charge < -0.3 is 62.3 Å². The molecule has 5 heterocycles. The first-order chi connectivity index (χ1) is 56.0. The van der Waals surface area contributed by atoms with Crippen molar-refractivity contribution in [1.29, 1.82) is 0 Å². The van der Waals surface area contributed by atoms with E-state index in [2.05, 4.69) is 66.8 Å². The minimum atomic E-state index is -0.774. The first kappa shape index (κ1) is 108. The number of nitrogens with one attached hydrogen (secondary N) is 3. The van der Waals surface area contributed by atoms with Crippen LogP contribution in [0.4, 0.5) is 26.0 Å². The normalized spacial score (nSPS) is 11.8. The first-order valence-corrected chi connectivity index (χ1v) is 41.7. The molecule has 2 aromatic carbocycles. The average molecular weight is 1820 g/mol. The van der Waals surface area contributed by atoms with Crippen LogP contribution in [-0.2, 0) is 61.6 Å². The van der Waals surface area contributed by atoms with Gasteiger partial charge in [-0.15, -0.1) is 0 Å². The molecular formula is C76H113BrClN15O23S3. The summed E-state index contributed by atoms with van der Waals surface area (Å²) in [6, 6.07) is 13.0. The number of hydrogen-bond donors (Lipinski definition) is 4. The molecule has 7 rings (SSSR count). The highest BCUT2D eigenvalue weighted by Gasteiger charge is 2.43. The lowest BCUT2D eigenvalue weighted by atomic mass is 10.1. The van der Waals surface area contributed by atoms with Crippen LogP contribution in [0, 0.1) is 0 Å². The molecule has 38 nitrogen and oxygen atoms in total. The summed E-state index contributed by atoms with van der Waals surface area (Å²) in [5, 5.41) is 6.60. The molecule has 5 aromatic rings. The van der Waals surface area contributed by atoms with Crippen molar-refractivity contribution in [3.63, 3.8) is 0 Å². The number of rotatable bonds is 30. The lowest BCUT2D eigenvalue weighted by Gasteiger charge is -2.31. The van der Waals surface area contributed by atoms with Gasteiger partial charge in [-0.3, -0.25) is 34.3 Å². The van der Waals surface area contributed by atoms with Gasteiger partial charge in [0.2, 0.25) is 0 Å². The topological polar surface area (TPSA) is 454 Å². The maximum atomic E-state index is 12.5. The van der Waals surface area contributed by atoms with E-state index in [1.807, 2.05) is 12.5 Å². The SMILES string of the molecule is CC(C)(C)OC(=O)CN1C(=O)c2ccccc2C1=O.CCOC(=O)c1cnc(SC)nc1Cl.CCOC(=O)c1cnc(SC)nc1NN(CCOC)C(=O)OC(C)(C)C.CCOC(=O)c1cnc(SC)nc1NNCCOC.COCCBr.COCCN(C(=O)OC(C)(C)C)N1C(=O)c2ccccc2C1=O.COCCN(N)C(=O)OC(C)(C)C. The fourth-order valence-electron chi connectivity index (χ4n) is 8.46. The number of anilines is 2. The highest BCUT2D eigenvalue weighted by molar-refractivity contribution is 9.09. The Kier molecular flexibility index (Phi) is 50.4. The zero-order valence-electron chi connectivity index (χ0n) is 71.6. The van der Waals surface area contributed by atoms with Crippen LogP contribution < -0.4 is 22.1 Å². The molecule has 2 aliphatic rings. The highest BCUT2D eigenvalue weighted by atomic mass is 79.9. The second-order valence-corrected chi connectivity index (χ2v) is 31.0. The zero-order chi connectivity index (χ0) is 90.4. The van der Waals surface area contributed by atoms with Gasteiger partial charge in [0.25, 0.3) is 23.6 Å². The number of halogens is 2. The smallest absolute Gasteiger partial charge is 0.429 e. The molecule has 0 atom stereocenters. The zero-order valence-corrected chi connectivity index (χ0v) is 76.4. The molecule has 0 saturated heterocycles. The van der Waals surface area contributed by atoms with Gasteiger partial charge in [0, 0.05) is 66.0 Å². The Hall–Kier alpha value is -9.21. The maximum absolute atomic E-state index is 12.5. The van der Waals surface area contributed by atoms with Crippen LogP contribution in [0.3, 0.4) is 0 Å². The molecule has 3 aromatic heterocycles. The summed E-state index contributed by atoms with van der Waals surface area (Å²) in [6.07, 6.45) is 7.76. The van der Waals surface area contributed by atoms with Gasteiger partial charge in [-0.25, -0.2) is 85.0 Å². The number of alkyl halides is 1. The predicted molar refractivity (Wildman–Crippen MR) is 450 cm³/mol. The van der Waals surface area contributed by atoms with Gasteiger partial charge in [-0.05, 0) is 147 Å². The summed E-state index contributed by atoms with van der Waals surface area (Å²) in [7, 11) is 7.83. The number of methoxy groups -OCH3 is 5. The van der Waals surface area contributed by atoms with Crippen LogP contribution in [0.5, 0.6) is 0 Å². The second-order valence-electron chi connectivity index (χ2n) is 27.5. The fourth-order valence-corrected chi connectivity index (χ4v) is 10.1. The molecule has 0 fully saturated rings. The third-order valence-corrected chi connectivity index (χ3v) is 15.8. The molecule has 5 N–H and O–H groups in total. The summed E-state index contributed by atoms with van der Waals surface area (Å²) in [4.78, 5) is 157. The van der Waals surface area contributed by atoms with Gasteiger partial charge in [0.05, 0.1) is 94.7 Å². The summed E-state index contributed by atoms with van der Waals surface area (Å²) in [5.41, 5.74) is 7.84. The Morgan fingerprint density at radius 1 is 0.487 bits per heavy atom. The molecule has 43 heteroatoms. The first-order valence-electron chi connectivity index (χ1n) is 36.5. The molecule has 0 radical (unpaired) electrons. The third-order valence-electron chi connectivity index (χ3n) is 13.5. The third kappa shape index (κ3) is 40.6. The van der Waals surface area contributed by atoms with E-state index in [0.29, 0.717) is 77.5 Å². The van der Waals surface area contributed by atoms with Crippen molar-refractivity contribution in [2.75, 3.05) is 156 Å². The largest absolute Gasteiger partial charge is 0.462 e. The Balaban J connectivity index is 0.000000715. The molecule has 0 bridgehead atoms. The number of imide groups is 2. The summed E-state index contributed by atoms with van der Waals surface area (Å²) < 4.78 is 59.8. The van der Waals surface area contributed by atoms with E-state index in [0.717, 1.165) is 31.9 Å². The molecule has 0 spiro atoms. The monoisotopic (exact) mass is 1810 g/mol. The van der Waals surface area contributed by atoms with E-state index in [9.17, 15) is 52.7 Å². The quantitative estimate of drug-likeness (QED) is 0.00283. The second kappa shape index (κ2) is 55.6. The Morgan fingerprint density at radius 2 is 0.857 bits per heavy atom. The van der Waals surface area contributed by atoms with Crippen molar-refractivity contribution < 1.29 is 110 Å². The lowest BCUT2D eigenvalue weighted by molar-refractivity contribution is -0.155. The van der Waals surface area contributed by atoms with Crippen molar-refractivity contribution in [2.45, 2.75) is 142 Å². The van der Waals surface area contributed by atoms with Gasteiger partial charge >= 0.3 is 42.2 Å². The molecule has 0 aliphatic carbocycles. The molecule has 2 aliphatic heterocycles. The van der Waals surface area contributed by atoms with Crippen LogP contribution in [0.2, 0.25) is 5.15 Å². The predicted octanol–water partition coefficient (Wildman–Crippen LogP) is 11.0. The van der Waals surface area contributed by atoms with Crippen LogP contribution in [0.1, 0.15) is 176 Å². The van der Waals surface area contributed by atoms with Crippen LogP contribution >= 0.6 is 62.8 Å². The molecule has 0 saturated carbocycles. The van der Waals surface area contributed by atoms with Gasteiger partial charge in [-0.1, -0.05) is 87.1 Å². The van der Waals surface area contributed by atoms with Crippen molar-refractivity contribution in [3.8, 4) is 0 Å². The van der Waals surface area contributed by atoms with Crippen LogP contribution in [0.25, 0.3) is 0 Å². The molecular weight excluding hydrogens is 1700 g/mol. The fraction of sp³-hybridized carbons (Fsp3) is 0.539. The minimum absolute atomic E-state index is 0.0247. The van der Waals surface area contributed by atoms with Crippen molar-refractivity contribution in [3.05, 3.63) is 111 Å². The van der Waals surface area contributed by atoms with Gasteiger partial charge in [0.15, 0.2) is 27.1 Å². The van der Waals surface area contributed by atoms with Gasteiger partial charge in [-0.2, -0.15) is 5.01 Å². The molecule has 7 amide bonds. The minimum Gasteiger partial charge on any atom is -0.462 e. The Morgan fingerprint density at radius 3 is 1.25 bits per heavy atom. The van der Waals surface area contributed by atoms with Crippen molar-refractivity contribution >= 4 is 140 Å². The van der Waals surface area contributed by atoms with Crippen LogP contribution in [0.15, 0.2) is 82.6 Å². The molecule has 662 valence electrons. The number of hydrogen-bond acceptors (Lipinski definition) is 36. The van der Waals surface area contributed by atoms with Crippen molar-refractivity contribution in [1.82, 2.24) is 60.3 Å². The Bertz CT molecular complexity index is 4010. The average Bonchev–Trinajstić information content (AvgIpc) is 1.62. The number of nitrogens with zero attached hydrogens (tertiary/aromatic N) is 11. The molecule has 0 unspecified atom stereocenters. The number of nitrogens with two attached hydrogens (primary N) is 1.